The van der Waals surface area contributed by atoms with Crippen molar-refractivity contribution in [2.24, 2.45) is 0 Å². The molecule has 0 bridgehead atoms. The number of benzene rings is 2. The summed E-state index contributed by atoms with van der Waals surface area (Å²) in [7, 11) is 0. The van der Waals surface area contributed by atoms with Crippen molar-refractivity contribution in [3.05, 3.63) is 54.1 Å². The summed E-state index contributed by atoms with van der Waals surface area (Å²) in [4.78, 5) is 20.1. The molecule has 0 saturated carbocycles. The zero-order valence-corrected chi connectivity index (χ0v) is 15.8. The normalized spacial score (nSPS) is 17.6. The molecule has 2 aliphatic heterocycles. The van der Waals surface area contributed by atoms with Crippen LogP contribution in [0.3, 0.4) is 0 Å². The van der Waals surface area contributed by atoms with Gasteiger partial charge in [0.2, 0.25) is 0 Å². The minimum atomic E-state index is 0.0452. The van der Waals surface area contributed by atoms with Gasteiger partial charge in [-0.2, -0.15) is 0 Å². The minimum absolute atomic E-state index is 0.0452. The minimum Gasteiger partial charge on any atom is -0.399 e. The summed E-state index contributed by atoms with van der Waals surface area (Å²) in [6, 6.07) is 15.5. The standard InChI is InChI=1S/C22H28N4O/c23-19-10-8-18(9-11-19)22(27)26-15-5-14-25(17-16-24-12-3-4-13-24)20-6-1-2-7-21(20)26/h1-2,6-11H,3-5,12-17,23H2. The summed E-state index contributed by atoms with van der Waals surface area (Å²) >= 11 is 0. The molecule has 5 nitrogen and oxygen atoms in total. The number of nitrogens with zero attached hydrogens (tertiary/aromatic N) is 3. The maximum atomic E-state index is 13.2. The van der Waals surface area contributed by atoms with Gasteiger partial charge in [-0.25, -0.2) is 0 Å². The highest BCUT2D eigenvalue weighted by atomic mass is 16.2. The first-order valence-corrected chi connectivity index (χ1v) is 9.96. The number of rotatable bonds is 4. The lowest BCUT2D eigenvalue weighted by molar-refractivity contribution is 0.0987. The summed E-state index contributed by atoms with van der Waals surface area (Å²) < 4.78 is 0. The van der Waals surface area contributed by atoms with Crippen molar-refractivity contribution in [1.82, 2.24) is 4.90 Å². The molecule has 2 aromatic rings. The molecule has 0 aromatic heterocycles. The zero-order valence-electron chi connectivity index (χ0n) is 15.8. The van der Waals surface area contributed by atoms with Crippen LogP contribution in [0.25, 0.3) is 0 Å². The van der Waals surface area contributed by atoms with Crippen molar-refractivity contribution in [1.29, 1.82) is 0 Å². The molecule has 4 rings (SSSR count). The predicted molar refractivity (Wildman–Crippen MR) is 111 cm³/mol. The Hall–Kier alpha value is -2.53. The van der Waals surface area contributed by atoms with E-state index in [1.807, 2.05) is 23.1 Å². The molecule has 0 unspecified atom stereocenters. The van der Waals surface area contributed by atoms with E-state index in [9.17, 15) is 4.79 Å². The van der Waals surface area contributed by atoms with Crippen LogP contribution in [-0.2, 0) is 0 Å². The second-order valence-electron chi connectivity index (χ2n) is 7.46. The van der Waals surface area contributed by atoms with Crippen molar-refractivity contribution in [2.75, 3.05) is 54.8 Å². The van der Waals surface area contributed by atoms with Crippen LogP contribution in [0.1, 0.15) is 29.6 Å². The molecule has 2 heterocycles. The first-order valence-electron chi connectivity index (χ1n) is 9.96. The molecular weight excluding hydrogens is 336 g/mol. The van der Waals surface area contributed by atoms with Crippen LogP contribution in [0, 0.1) is 0 Å². The highest BCUT2D eigenvalue weighted by Gasteiger charge is 2.25. The molecule has 2 aromatic carbocycles. The van der Waals surface area contributed by atoms with Crippen molar-refractivity contribution in [3.8, 4) is 0 Å². The molecule has 2 aliphatic rings. The molecular formula is C22H28N4O. The van der Waals surface area contributed by atoms with Crippen molar-refractivity contribution in [3.63, 3.8) is 0 Å². The molecule has 0 spiro atoms. The van der Waals surface area contributed by atoms with Gasteiger partial charge in [0.05, 0.1) is 11.4 Å². The second-order valence-corrected chi connectivity index (χ2v) is 7.46. The first-order chi connectivity index (χ1) is 13.2. The number of anilines is 3. The number of nitrogen functional groups attached to an aromatic ring is 1. The average molecular weight is 364 g/mol. The number of hydrogen-bond acceptors (Lipinski definition) is 4. The van der Waals surface area contributed by atoms with E-state index in [-0.39, 0.29) is 5.91 Å². The Morgan fingerprint density at radius 2 is 1.52 bits per heavy atom. The maximum Gasteiger partial charge on any atom is 0.258 e. The number of carbonyl (C=O) groups excluding carboxylic acids is 1. The fourth-order valence-electron chi connectivity index (χ4n) is 4.11. The van der Waals surface area contributed by atoms with E-state index in [2.05, 4.69) is 28.0 Å². The second kappa shape index (κ2) is 8.01. The quantitative estimate of drug-likeness (QED) is 0.847. The third-order valence-electron chi connectivity index (χ3n) is 5.61. The Labute approximate surface area is 161 Å². The fraction of sp³-hybridized carbons (Fsp3) is 0.409. The van der Waals surface area contributed by atoms with Gasteiger partial charge < -0.3 is 20.4 Å². The van der Waals surface area contributed by atoms with E-state index in [0.717, 1.165) is 44.0 Å². The zero-order chi connectivity index (χ0) is 18.6. The molecule has 1 fully saturated rings. The van der Waals surface area contributed by atoms with Gasteiger partial charge in [0, 0.05) is 37.4 Å². The molecule has 0 atom stereocenters. The number of likely N-dealkylation sites (tertiary alicyclic amines) is 1. The molecule has 1 amide bonds. The largest absolute Gasteiger partial charge is 0.399 e. The summed E-state index contributed by atoms with van der Waals surface area (Å²) in [6.45, 7) is 6.27. The molecule has 0 aliphatic carbocycles. The van der Waals surface area contributed by atoms with Crippen molar-refractivity contribution < 1.29 is 4.79 Å². The molecule has 0 radical (unpaired) electrons. The number of carbonyl (C=O) groups is 1. The van der Waals surface area contributed by atoms with Crippen molar-refractivity contribution in [2.45, 2.75) is 19.3 Å². The third kappa shape index (κ3) is 3.93. The maximum absolute atomic E-state index is 13.2. The van der Waals surface area contributed by atoms with Gasteiger partial charge in [0.25, 0.3) is 5.91 Å². The Balaban J connectivity index is 1.56. The van der Waals surface area contributed by atoms with E-state index in [1.54, 1.807) is 12.1 Å². The van der Waals surface area contributed by atoms with E-state index in [1.165, 1.54) is 25.9 Å². The van der Waals surface area contributed by atoms with Crippen LogP contribution < -0.4 is 15.5 Å². The van der Waals surface area contributed by atoms with Gasteiger partial charge in [-0.05, 0) is 68.8 Å². The van der Waals surface area contributed by atoms with Crippen LogP contribution >= 0.6 is 0 Å². The van der Waals surface area contributed by atoms with E-state index < -0.39 is 0 Å². The highest BCUT2D eigenvalue weighted by Crippen LogP contribution is 2.33. The summed E-state index contributed by atoms with van der Waals surface area (Å²) in [5.74, 6) is 0.0452. The summed E-state index contributed by atoms with van der Waals surface area (Å²) in [6.07, 6.45) is 3.61. The Kier molecular flexibility index (Phi) is 5.30. The Bertz CT molecular complexity index is 783. The number of amides is 1. The Morgan fingerprint density at radius 1 is 0.815 bits per heavy atom. The van der Waals surface area contributed by atoms with Gasteiger partial charge in [-0.1, -0.05) is 12.1 Å². The highest BCUT2D eigenvalue weighted by molar-refractivity contribution is 6.08. The Morgan fingerprint density at radius 3 is 2.26 bits per heavy atom. The monoisotopic (exact) mass is 364 g/mol. The lowest BCUT2D eigenvalue weighted by Crippen LogP contribution is -2.34. The summed E-state index contributed by atoms with van der Waals surface area (Å²) in [5.41, 5.74) is 9.31. The molecule has 2 N–H and O–H groups in total. The van der Waals surface area contributed by atoms with Crippen LogP contribution in [0.5, 0.6) is 0 Å². The van der Waals surface area contributed by atoms with E-state index in [4.69, 9.17) is 5.73 Å². The molecule has 27 heavy (non-hydrogen) atoms. The van der Waals surface area contributed by atoms with Gasteiger partial charge in [-0.3, -0.25) is 4.79 Å². The number of hydrogen-bond donors (Lipinski definition) is 1. The SMILES string of the molecule is Nc1ccc(C(=O)N2CCCN(CCN3CCCC3)c3ccccc32)cc1. The fourth-order valence-corrected chi connectivity index (χ4v) is 4.11. The van der Waals surface area contributed by atoms with Crippen LogP contribution in [0.2, 0.25) is 0 Å². The summed E-state index contributed by atoms with van der Waals surface area (Å²) in [5, 5.41) is 0. The smallest absolute Gasteiger partial charge is 0.258 e. The topological polar surface area (TPSA) is 52.8 Å². The van der Waals surface area contributed by atoms with Crippen LogP contribution in [-0.4, -0.2) is 50.1 Å². The van der Waals surface area contributed by atoms with E-state index >= 15 is 0 Å². The van der Waals surface area contributed by atoms with Gasteiger partial charge >= 0.3 is 0 Å². The number of para-hydroxylation sites is 2. The van der Waals surface area contributed by atoms with Crippen LogP contribution in [0.15, 0.2) is 48.5 Å². The van der Waals surface area contributed by atoms with Gasteiger partial charge in [0.15, 0.2) is 0 Å². The predicted octanol–water partition coefficient (Wildman–Crippen LogP) is 3.22. The van der Waals surface area contributed by atoms with Gasteiger partial charge in [-0.15, -0.1) is 0 Å². The molecule has 1 saturated heterocycles. The van der Waals surface area contributed by atoms with E-state index in [0.29, 0.717) is 11.3 Å². The lowest BCUT2D eigenvalue weighted by Gasteiger charge is -2.28. The van der Waals surface area contributed by atoms with Crippen LogP contribution in [0.4, 0.5) is 17.1 Å². The molecule has 142 valence electrons. The van der Waals surface area contributed by atoms with Gasteiger partial charge in [0.1, 0.15) is 0 Å². The first kappa shape index (κ1) is 17.9. The number of fused-ring (bicyclic) bond motifs is 1. The lowest BCUT2D eigenvalue weighted by atomic mass is 10.1. The third-order valence-corrected chi connectivity index (χ3v) is 5.61. The van der Waals surface area contributed by atoms with Crippen molar-refractivity contribution >= 4 is 23.0 Å². The average Bonchev–Trinajstić information content (AvgIpc) is 3.14. The molecule has 5 heteroatoms. The number of nitrogens with two attached hydrogens (primary N) is 1.